The van der Waals surface area contributed by atoms with Crippen LogP contribution in [-0.4, -0.2) is 23.0 Å². The fraction of sp³-hybridized carbons (Fsp3) is 0.167. The number of hydrogen-bond acceptors (Lipinski definition) is 3. The highest BCUT2D eigenvalue weighted by Gasteiger charge is 2.32. The van der Waals surface area contributed by atoms with E-state index in [0.717, 1.165) is 11.0 Å². The van der Waals surface area contributed by atoms with Gasteiger partial charge in [0.2, 0.25) is 6.41 Å². The summed E-state index contributed by atoms with van der Waals surface area (Å²) in [6.45, 7) is 4.56. The smallest absolute Gasteiger partial charge is 0.269 e. The predicted octanol–water partition coefficient (Wildman–Crippen LogP) is 2.42. The first-order chi connectivity index (χ1) is 8.31. The van der Waals surface area contributed by atoms with Crippen LogP contribution < -0.4 is 4.90 Å². The molecule has 1 unspecified atom stereocenters. The van der Waals surface area contributed by atoms with Gasteiger partial charge < -0.3 is 5.11 Å². The lowest BCUT2D eigenvalue weighted by molar-refractivity contribution is -0.132. The maximum Gasteiger partial charge on any atom is 0.269 e. The molecule has 0 fully saturated rings. The summed E-state index contributed by atoms with van der Waals surface area (Å²) in [5.41, 5.74) is -1.68. The van der Waals surface area contributed by atoms with Gasteiger partial charge in [-0.15, -0.1) is 0 Å². The average Bonchev–Trinajstić information content (AvgIpc) is 2.28. The zero-order chi connectivity index (χ0) is 13.9. The van der Waals surface area contributed by atoms with Crippen molar-refractivity contribution < 1.29 is 14.7 Å². The Balaban J connectivity index is 3.22. The van der Waals surface area contributed by atoms with Gasteiger partial charge in [-0.05, 0) is 25.1 Å². The first kappa shape index (κ1) is 14.7. The number of carbonyl (C=O) groups is 2. The van der Waals surface area contributed by atoms with Crippen LogP contribution in [0.1, 0.15) is 6.92 Å². The number of aliphatic hydroxyl groups is 1. The van der Waals surface area contributed by atoms with Crippen LogP contribution in [0.25, 0.3) is 0 Å². The van der Waals surface area contributed by atoms with Crippen LogP contribution in [-0.2, 0) is 9.59 Å². The molecule has 6 heteroatoms. The third-order valence-corrected chi connectivity index (χ3v) is 2.72. The van der Waals surface area contributed by atoms with Gasteiger partial charge in [-0.25, -0.2) is 0 Å². The Morgan fingerprint density at radius 1 is 1.39 bits per heavy atom. The molecule has 96 valence electrons. The van der Waals surface area contributed by atoms with Crippen molar-refractivity contribution in [1.82, 2.24) is 0 Å². The van der Waals surface area contributed by atoms with E-state index in [-0.39, 0.29) is 22.1 Å². The molecular formula is C12H11Cl2NO3. The molecule has 0 saturated heterocycles. The van der Waals surface area contributed by atoms with Crippen molar-refractivity contribution in [3.05, 3.63) is 40.9 Å². The Bertz CT molecular complexity index is 480. The van der Waals surface area contributed by atoms with Gasteiger partial charge in [0.1, 0.15) is 0 Å². The number of amides is 2. The lowest BCUT2D eigenvalue weighted by Crippen LogP contribution is -2.45. The second-order valence-electron chi connectivity index (χ2n) is 3.76. The third kappa shape index (κ3) is 3.10. The minimum absolute atomic E-state index is 0.176. The van der Waals surface area contributed by atoms with E-state index in [4.69, 9.17) is 23.2 Å². The summed E-state index contributed by atoms with van der Waals surface area (Å²) in [4.78, 5) is 23.7. The molecular weight excluding hydrogens is 277 g/mol. The molecule has 2 amide bonds. The van der Waals surface area contributed by atoms with Crippen molar-refractivity contribution in [1.29, 1.82) is 0 Å². The number of rotatable bonds is 4. The fourth-order valence-corrected chi connectivity index (χ4v) is 1.75. The normalized spacial score (nSPS) is 13.6. The Morgan fingerprint density at radius 3 is 2.28 bits per heavy atom. The average molecular weight is 288 g/mol. The summed E-state index contributed by atoms with van der Waals surface area (Å²) in [5, 5.41) is 10.3. The molecule has 0 bridgehead atoms. The van der Waals surface area contributed by atoms with Gasteiger partial charge in [-0.2, -0.15) is 0 Å². The summed E-state index contributed by atoms with van der Waals surface area (Å²) in [6, 6.07) is 4.24. The van der Waals surface area contributed by atoms with Crippen molar-refractivity contribution in [2.24, 2.45) is 0 Å². The van der Waals surface area contributed by atoms with E-state index in [2.05, 4.69) is 6.58 Å². The second-order valence-corrected chi connectivity index (χ2v) is 4.63. The lowest BCUT2D eigenvalue weighted by atomic mass is 10.1. The highest BCUT2D eigenvalue weighted by Crippen LogP contribution is 2.26. The van der Waals surface area contributed by atoms with Crippen molar-refractivity contribution in [2.45, 2.75) is 12.5 Å². The number of nitrogens with zero attached hydrogens (tertiary/aromatic N) is 1. The molecule has 1 rings (SSSR count). The largest absolute Gasteiger partial charge is 0.376 e. The Labute approximate surface area is 114 Å². The molecule has 0 radical (unpaired) electrons. The van der Waals surface area contributed by atoms with Crippen LogP contribution in [0.5, 0.6) is 0 Å². The summed E-state index contributed by atoms with van der Waals surface area (Å²) in [5.74, 6) is -0.842. The maximum absolute atomic E-state index is 11.9. The molecule has 18 heavy (non-hydrogen) atoms. The number of carbonyl (C=O) groups excluding carboxylic acids is 2. The van der Waals surface area contributed by atoms with Crippen LogP contribution >= 0.6 is 23.2 Å². The third-order valence-electron chi connectivity index (χ3n) is 2.28. The van der Waals surface area contributed by atoms with Crippen molar-refractivity contribution in [3.63, 3.8) is 0 Å². The van der Waals surface area contributed by atoms with E-state index < -0.39 is 11.5 Å². The fourth-order valence-electron chi connectivity index (χ4n) is 1.24. The molecule has 1 aromatic rings. The molecule has 0 saturated carbocycles. The van der Waals surface area contributed by atoms with Crippen LogP contribution in [0.4, 0.5) is 5.69 Å². The van der Waals surface area contributed by atoms with E-state index >= 15 is 0 Å². The molecule has 1 aromatic carbocycles. The molecule has 0 heterocycles. The molecule has 0 aliphatic heterocycles. The van der Waals surface area contributed by atoms with E-state index in [1.54, 1.807) is 0 Å². The standard InChI is InChI=1S/C12H11Cl2NO3/c1-3-12(2,18)11(17)15(7-16)10-5-8(13)4-9(14)6-10/h3-7,18H,1H2,2H3. The summed E-state index contributed by atoms with van der Waals surface area (Å²) in [7, 11) is 0. The van der Waals surface area contributed by atoms with Crippen molar-refractivity contribution in [2.75, 3.05) is 4.90 Å². The molecule has 1 N–H and O–H groups in total. The van der Waals surface area contributed by atoms with Gasteiger partial charge in [-0.3, -0.25) is 14.5 Å². The summed E-state index contributed by atoms with van der Waals surface area (Å²) < 4.78 is 0. The predicted molar refractivity (Wildman–Crippen MR) is 70.8 cm³/mol. The van der Waals surface area contributed by atoms with Crippen LogP contribution in [0.2, 0.25) is 10.0 Å². The van der Waals surface area contributed by atoms with E-state index in [1.807, 2.05) is 0 Å². The molecule has 0 spiro atoms. The first-order valence-electron chi connectivity index (χ1n) is 4.93. The monoisotopic (exact) mass is 287 g/mol. The number of halogens is 2. The van der Waals surface area contributed by atoms with Crippen LogP contribution in [0.3, 0.4) is 0 Å². The van der Waals surface area contributed by atoms with Crippen molar-refractivity contribution in [3.8, 4) is 0 Å². The summed E-state index contributed by atoms with van der Waals surface area (Å²) in [6.07, 6.45) is 1.32. The van der Waals surface area contributed by atoms with E-state index in [0.29, 0.717) is 0 Å². The highest BCUT2D eigenvalue weighted by molar-refractivity contribution is 6.35. The minimum atomic E-state index is -1.85. The maximum atomic E-state index is 11.9. The molecule has 0 aromatic heterocycles. The van der Waals surface area contributed by atoms with Crippen molar-refractivity contribution >= 4 is 41.2 Å². The van der Waals surface area contributed by atoms with Gasteiger partial charge in [0.15, 0.2) is 5.60 Å². The highest BCUT2D eigenvalue weighted by atomic mass is 35.5. The van der Waals surface area contributed by atoms with Gasteiger partial charge in [0.05, 0.1) is 5.69 Å². The Morgan fingerprint density at radius 2 is 1.89 bits per heavy atom. The number of imide groups is 1. The zero-order valence-corrected chi connectivity index (χ0v) is 11.1. The summed E-state index contributed by atoms with van der Waals surface area (Å²) >= 11 is 11.6. The van der Waals surface area contributed by atoms with E-state index in [9.17, 15) is 14.7 Å². The Kier molecular flexibility index (Phi) is 4.51. The molecule has 4 nitrogen and oxygen atoms in total. The Hall–Kier alpha value is -1.36. The van der Waals surface area contributed by atoms with E-state index in [1.165, 1.54) is 25.1 Å². The van der Waals surface area contributed by atoms with Gasteiger partial charge in [-0.1, -0.05) is 35.9 Å². The zero-order valence-electron chi connectivity index (χ0n) is 9.56. The van der Waals surface area contributed by atoms with Gasteiger partial charge >= 0.3 is 0 Å². The molecule has 0 aliphatic rings. The molecule has 0 aliphatic carbocycles. The minimum Gasteiger partial charge on any atom is -0.376 e. The SMILES string of the molecule is C=CC(C)(O)C(=O)N(C=O)c1cc(Cl)cc(Cl)c1. The number of benzene rings is 1. The van der Waals surface area contributed by atoms with Crippen LogP contribution in [0, 0.1) is 0 Å². The quantitative estimate of drug-likeness (QED) is 0.683. The van der Waals surface area contributed by atoms with Gasteiger partial charge in [0, 0.05) is 10.0 Å². The molecule has 1 atom stereocenters. The first-order valence-corrected chi connectivity index (χ1v) is 5.68. The number of anilines is 1. The second kappa shape index (κ2) is 5.52. The van der Waals surface area contributed by atoms with Crippen LogP contribution in [0.15, 0.2) is 30.9 Å². The number of hydrogen-bond donors (Lipinski definition) is 1. The van der Waals surface area contributed by atoms with Gasteiger partial charge in [0.25, 0.3) is 5.91 Å². The topological polar surface area (TPSA) is 57.6 Å². The lowest BCUT2D eigenvalue weighted by Gasteiger charge is -2.24.